The molecule has 0 saturated carbocycles. The van der Waals surface area contributed by atoms with Gasteiger partial charge >= 0.3 is 0 Å². The van der Waals surface area contributed by atoms with Crippen molar-refractivity contribution < 1.29 is 9.46 Å². The first-order valence-electron chi connectivity index (χ1n) is 2.89. The summed E-state index contributed by atoms with van der Waals surface area (Å²) in [4.78, 5) is 8.77. The van der Waals surface area contributed by atoms with Crippen molar-refractivity contribution in [1.29, 1.82) is 0 Å². The molecule has 60 valence electrons. The molecule has 1 aromatic rings. The lowest BCUT2D eigenvalue weighted by Crippen LogP contribution is -2.04. The molecule has 5 heteroatoms. The van der Waals surface area contributed by atoms with Crippen LogP contribution in [0.1, 0.15) is 0 Å². The fourth-order valence-electron chi connectivity index (χ4n) is 0.714. The average molecular weight is 236 g/mol. The second-order valence-corrected chi connectivity index (χ2v) is 4.10. The van der Waals surface area contributed by atoms with Gasteiger partial charge < -0.3 is 10.6 Å². The SMILES string of the molecule is Nc1ccc(Br)cc1[PH](=O)O. The van der Waals surface area contributed by atoms with Crippen LogP contribution in [0.5, 0.6) is 0 Å². The number of halogens is 1. The second-order valence-electron chi connectivity index (χ2n) is 2.04. The molecule has 0 aliphatic carbocycles. The van der Waals surface area contributed by atoms with E-state index in [1.54, 1.807) is 18.2 Å². The normalized spacial score (nSPS) is 12.9. The smallest absolute Gasteiger partial charge is 0.220 e. The van der Waals surface area contributed by atoms with Crippen LogP contribution < -0.4 is 11.0 Å². The third-order valence-corrected chi connectivity index (χ3v) is 2.63. The lowest BCUT2D eigenvalue weighted by atomic mass is 10.3. The van der Waals surface area contributed by atoms with Crippen molar-refractivity contribution in [2.24, 2.45) is 0 Å². The minimum atomic E-state index is -2.67. The number of hydrogen-bond acceptors (Lipinski definition) is 2. The lowest BCUT2D eigenvalue weighted by Gasteiger charge is -2.00. The van der Waals surface area contributed by atoms with Crippen LogP contribution in [0, 0.1) is 0 Å². The summed E-state index contributed by atoms with van der Waals surface area (Å²) in [6.07, 6.45) is 0. The van der Waals surface area contributed by atoms with Gasteiger partial charge in [0.1, 0.15) is 0 Å². The second kappa shape index (κ2) is 3.39. The molecule has 0 fully saturated rings. The zero-order valence-corrected chi connectivity index (χ0v) is 8.13. The predicted molar refractivity (Wildman–Crippen MR) is 49.4 cm³/mol. The number of nitrogens with two attached hydrogens (primary N) is 1. The van der Waals surface area contributed by atoms with Crippen LogP contribution >= 0.6 is 24.0 Å². The molecule has 0 radical (unpaired) electrons. The molecule has 3 nitrogen and oxygen atoms in total. The molecular weight excluding hydrogens is 229 g/mol. The maximum absolute atomic E-state index is 10.7. The van der Waals surface area contributed by atoms with E-state index >= 15 is 0 Å². The molecule has 0 spiro atoms. The van der Waals surface area contributed by atoms with Gasteiger partial charge in [-0.1, -0.05) is 15.9 Å². The van der Waals surface area contributed by atoms with Crippen molar-refractivity contribution >= 4 is 34.9 Å². The van der Waals surface area contributed by atoms with Crippen LogP contribution in [0.4, 0.5) is 5.69 Å². The summed E-state index contributed by atoms with van der Waals surface area (Å²) >= 11 is 3.18. The summed E-state index contributed by atoms with van der Waals surface area (Å²) in [6, 6.07) is 4.87. The maximum Gasteiger partial charge on any atom is 0.220 e. The van der Waals surface area contributed by atoms with Crippen molar-refractivity contribution in [3.8, 4) is 0 Å². The first-order valence-corrected chi connectivity index (χ1v) is 5.04. The summed E-state index contributed by atoms with van der Waals surface area (Å²) in [6.45, 7) is 0. The van der Waals surface area contributed by atoms with Crippen molar-refractivity contribution in [2.75, 3.05) is 5.73 Å². The summed E-state index contributed by atoms with van der Waals surface area (Å²) in [5.74, 6) is 0. The third-order valence-electron chi connectivity index (χ3n) is 1.25. The van der Waals surface area contributed by atoms with Gasteiger partial charge in [0.15, 0.2) is 0 Å². The molecule has 11 heavy (non-hydrogen) atoms. The fourth-order valence-corrected chi connectivity index (χ4v) is 1.90. The molecule has 0 bridgehead atoms. The summed E-state index contributed by atoms with van der Waals surface area (Å²) < 4.78 is 11.4. The average Bonchev–Trinajstić information content (AvgIpc) is 1.94. The molecule has 0 aromatic heterocycles. The van der Waals surface area contributed by atoms with E-state index in [0.717, 1.165) is 4.47 Å². The Labute approximate surface area is 73.2 Å². The Kier molecular flexibility index (Phi) is 2.71. The largest absolute Gasteiger partial charge is 0.398 e. The van der Waals surface area contributed by atoms with Crippen LogP contribution in [0.3, 0.4) is 0 Å². The topological polar surface area (TPSA) is 63.3 Å². The highest BCUT2D eigenvalue weighted by molar-refractivity contribution is 9.10. The molecule has 1 atom stereocenters. The number of benzene rings is 1. The Bertz CT molecular complexity index is 303. The molecule has 0 aliphatic heterocycles. The summed E-state index contributed by atoms with van der Waals surface area (Å²) in [7, 11) is -2.67. The van der Waals surface area contributed by atoms with E-state index in [1.165, 1.54) is 0 Å². The minimum Gasteiger partial charge on any atom is -0.398 e. The van der Waals surface area contributed by atoms with Crippen LogP contribution in [-0.2, 0) is 4.57 Å². The van der Waals surface area contributed by atoms with Gasteiger partial charge in [0, 0.05) is 10.2 Å². The Hall–Kier alpha value is -0.310. The first-order chi connectivity index (χ1) is 5.11. The zero-order chi connectivity index (χ0) is 8.43. The predicted octanol–water partition coefficient (Wildman–Crippen LogP) is 1.12. The van der Waals surface area contributed by atoms with Crippen LogP contribution in [-0.4, -0.2) is 4.89 Å². The highest BCUT2D eigenvalue weighted by Gasteiger charge is 2.03. The molecule has 1 rings (SSSR count). The van der Waals surface area contributed by atoms with Crippen molar-refractivity contribution in [2.45, 2.75) is 0 Å². The highest BCUT2D eigenvalue weighted by Crippen LogP contribution is 2.21. The van der Waals surface area contributed by atoms with E-state index < -0.39 is 8.03 Å². The highest BCUT2D eigenvalue weighted by atomic mass is 79.9. The maximum atomic E-state index is 10.7. The Balaban J connectivity index is 3.23. The van der Waals surface area contributed by atoms with Crippen molar-refractivity contribution in [3.05, 3.63) is 22.7 Å². The van der Waals surface area contributed by atoms with E-state index in [9.17, 15) is 4.57 Å². The number of rotatable bonds is 1. The Morgan fingerprint density at radius 3 is 2.64 bits per heavy atom. The number of anilines is 1. The van der Waals surface area contributed by atoms with Crippen molar-refractivity contribution in [1.82, 2.24) is 0 Å². The van der Waals surface area contributed by atoms with Crippen LogP contribution in [0.2, 0.25) is 0 Å². The quantitative estimate of drug-likeness (QED) is 0.567. The van der Waals surface area contributed by atoms with Gasteiger partial charge in [0.25, 0.3) is 0 Å². The monoisotopic (exact) mass is 235 g/mol. The summed E-state index contributed by atoms with van der Waals surface area (Å²) in [5.41, 5.74) is 5.80. The van der Waals surface area contributed by atoms with Crippen LogP contribution in [0.25, 0.3) is 0 Å². The molecule has 3 N–H and O–H groups in total. The van der Waals surface area contributed by atoms with Gasteiger partial charge in [-0.05, 0) is 18.2 Å². The molecular formula is C6H7BrNO2P. The Morgan fingerprint density at radius 2 is 2.18 bits per heavy atom. The van der Waals surface area contributed by atoms with E-state index in [4.69, 9.17) is 10.6 Å². The van der Waals surface area contributed by atoms with Gasteiger partial charge in [0.2, 0.25) is 8.03 Å². The molecule has 1 unspecified atom stereocenters. The number of hydrogen-bond donors (Lipinski definition) is 2. The molecule has 1 aromatic carbocycles. The Morgan fingerprint density at radius 1 is 1.55 bits per heavy atom. The lowest BCUT2D eigenvalue weighted by molar-refractivity contribution is 0.513. The van der Waals surface area contributed by atoms with E-state index in [-0.39, 0.29) is 0 Å². The van der Waals surface area contributed by atoms with Gasteiger partial charge in [-0.15, -0.1) is 0 Å². The summed E-state index contributed by atoms with van der Waals surface area (Å²) in [5, 5.41) is 0.310. The van der Waals surface area contributed by atoms with Gasteiger partial charge in [0.05, 0.1) is 5.30 Å². The van der Waals surface area contributed by atoms with Gasteiger partial charge in [-0.3, -0.25) is 4.57 Å². The molecule has 0 heterocycles. The van der Waals surface area contributed by atoms with E-state index in [2.05, 4.69) is 15.9 Å². The first kappa shape index (κ1) is 8.78. The van der Waals surface area contributed by atoms with Gasteiger partial charge in [-0.2, -0.15) is 0 Å². The molecule has 0 saturated heterocycles. The van der Waals surface area contributed by atoms with Crippen molar-refractivity contribution in [3.63, 3.8) is 0 Å². The molecule has 0 aliphatic rings. The fraction of sp³-hybridized carbons (Fsp3) is 0. The number of nitrogen functional groups attached to an aromatic ring is 1. The standard InChI is InChI=1S/C6H7BrNO2P/c7-4-1-2-5(8)6(3-4)11(9)10/h1-3,11H,8H2,(H,9,10). The van der Waals surface area contributed by atoms with Gasteiger partial charge in [-0.25, -0.2) is 0 Å². The van der Waals surface area contributed by atoms with Crippen LogP contribution in [0.15, 0.2) is 22.7 Å². The van der Waals surface area contributed by atoms with E-state index in [0.29, 0.717) is 11.0 Å². The third kappa shape index (κ3) is 2.06. The molecule has 0 amide bonds. The minimum absolute atomic E-state index is 0.310. The zero-order valence-electron chi connectivity index (χ0n) is 5.54. The van der Waals surface area contributed by atoms with E-state index in [1.807, 2.05) is 0 Å².